The molecule has 1 aliphatic heterocycles. The first kappa shape index (κ1) is 17.0. The molecular weight excluding hydrogens is 324 g/mol. The SMILES string of the molecule is CC1(C)C(C#N)=C(SCc2nccn2C(F)F)NC(=O)[C@@H]1C#N. The molecule has 0 saturated carbocycles. The smallest absolute Gasteiger partial charge is 0.319 e. The summed E-state index contributed by atoms with van der Waals surface area (Å²) in [6.45, 7) is 0.565. The molecule has 23 heavy (non-hydrogen) atoms. The number of hydrogen-bond acceptors (Lipinski definition) is 5. The van der Waals surface area contributed by atoms with Crippen molar-refractivity contribution in [3.05, 3.63) is 28.8 Å². The Morgan fingerprint density at radius 3 is 2.78 bits per heavy atom. The highest BCUT2D eigenvalue weighted by molar-refractivity contribution is 8.02. The van der Waals surface area contributed by atoms with Gasteiger partial charge in [-0.1, -0.05) is 25.6 Å². The lowest BCUT2D eigenvalue weighted by Crippen LogP contribution is -2.44. The zero-order valence-corrected chi connectivity index (χ0v) is 13.2. The van der Waals surface area contributed by atoms with Gasteiger partial charge in [0.15, 0.2) is 0 Å². The maximum Gasteiger partial charge on any atom is 0.319 e. The molecule has 1 aromatic rings. The molecule has 0 radical (unpaired) electrons. The number of nitrogens with zero attached hydrogens (tertiary/aromatic N) is 4. The van der Waals surface area contributed by atoms with Crippen LogP contribution >= 0.6 is 11.8 Å². The van der Waals surface area contributed by atoms with Crippen LogP contribution in [0.3, 0.4) is 0 Å². The van der Waals surface area contributed by atoms with Crippen molar-refractivity contribution in [1.82, 2.24) is 14.9 Å². The van der Waals surface area contributed by atoms with E-state index in [4.69, 9.17) is 5.26 Å². The van der Waals surface area contributed by atoms with Crippen molar-refractivity contribution >= 4 is 17.7 Å². The summed E-state index contributed by atoms with van der Waals surface area (Å²) in [4.78, 5) is 15.9. The Morgan fingerprint density at radius 2 is 2.22 bits per heavy atom. The van der Waals surface area contributed by atoms with Crippen molar-refractivity contribution in [2.24, 2.45) is 11.3 Å². The topological polar surface area (TPSA) is 94.5 Å². The molecule has 9 heteroatoms. The van der Waals surface area contributed by atoms with Crippen molar-refractivity contribution in [1.29, 1.82) is 10.5 Å². The molecule has 0 spiro atoms. The molecule has 1 aromatic heterocycles. The fraction of sp³-hybridized carbons (Fsp3) is 0.429. The van der Waals surface area contributed by atoms with E-state index in [1.165, 1.54) is 6.20 Å². The summed E-state index contributed by atoms with van der Waals surface area (Å²) in [7, 11) is 0. The second-order valence-corrected chi connectivity index (χ2v) is 6.39. The number of hydrogen-bond donors (Lipinski definition) is 1. The number of amides is 1. The minimum absolute atomic E-state index is 0.0609. The van der Waals surface area contributed by atoms with Crippen LogP contribution in [-0.2, 0) is 10.5 Å². The van der Waals surface area contributed by atoms with Crippen LogP contribution in [-0.4, -0.2) is 15.5 Å². The fourth-order valence-electron chi connectivity index (χ4n) is 2.30. The number of carbonyl (C=O) groups excluding carboxylic acids is 1. The van der Waals surface area contributed by atoms with Gasteiger partial charge in [0.05, 0.1) is 28.5 Å². The van der Waals surface area contributed by atoms with Crippen molar-refractivity contribution in [3.63, 3.8) is 0 Å². The summed E-state index contributed by atoms with van der Waals surface area (Å²) in [5.41, 5.74) is -0.699. The first-order chi connectivity index (χ1) is 10.8. The molecule has 0 bridgehead atoms. The van der Waals surface area contributed by atoms with E-state index in [9.17, 15) is 18.8 Å². The average Bonchev–Trinajstić information content (AvgIpc) is 2.93. The van der Waals surface area contributed by atoms with Crippen LogP contribution in [0.4, 0.5) is 8.78 Å². The van der Waals surface area contributed by atoms with Gasteiger partial charge in [-0.05, 0) is 0 Å². The molecule has 0 unspecified atom stereocenters. The molecular formula is C14H13F2N5OS. The lowest BCUT2D eigenvalue weighted by Gasteiger charge is -2.34. The summed E-state index contributed by atoms with van der Waals surface area (Å²) in [5, 5.41) is 21.3. The molecule has 0 aliphatic carbocycles. The third kappa shape index (κ3) is 3.06. The van der Waals surface area contributed by atoms with Crippen LogP contribution < -0.4 is 5.32 Å². The number of nitriles is 2. The average molecular weight is 337 g/mol. The Morgan fingerprint density at radius 1 is 1.52 bits per heavy atom. The maximum atomic E-state index is 12.8. The van der Waals surface area contributed by atoms with Gasteiger partial charge in [-0.3, -0.25) is 9.36 Å². The predicted molar refractivity (Wildman–Crippen MR) is 78.4 cm³/mol. The molecule has 1 amide bonds. The first-order valence-electron chi connectivity index (χ1n) is 6.61. The number of carbonyl (C=O) groups is 1. The second kappa shape index (κ2) is 6.39. The number of thioether (sulfide) groups is 1. The third-order valence-electron chi connectivity index (χ3n) is 3.64. The van der Waals surface area contributed by atoms with Gasteiger partial charge in [0, 0.05) is 17.8 Å². The number of imidazole rings is 1. The Balaban J connectivity index is 2.29. The minimum atomic E-state index is -2.71. The number of allylic oxidation sites excluding steroid dienone is 1. The molecule has 0 saturated heterocycles. The van der Waals surface area contributed by atoms with E-state index >= 15 is 0 Å². The first-order valence-corrected chi connectivity index (χ1v) is 7.59. The normalized spacial score (nSPS) is 20.1. The highest BCUT2D eigenvalue weighted by atomic mass is 32.2. The van der Waals surface area contributed by atoms with Crippen molar-refractivity contribution in [3.8, 4) is 12.1 Å². The monoisotopic (exact) mass is 337 g/mol. The number of halogens is 2. The van der Waals surface area contributed by atoms with Crippen LogP contribution in [0.25, 0.3) is 0 Å². The largest absolute Gasteiger partial charge is 0.319 e. The van der Waals surface area contributed by atoms with Gasteiger partial charge in [0.2, 0.25) is 5.91 Å². The highest BCUT2D eigenvalue weighted by Crippen LogP contribution is 2.42. The van der Waals surface area contributed by atoms with Gasteiger partial charge in [0.25, 0.3) is 0 Å². The molecule has 2 rings (SSSR count). The van der Waals surface area contributed by atoms with E-state index in [0.717, 1.165) is 18.0 Å². The Labute approximate surface area is 135 Å². The standard InChI is InChI=1S/C14H13F2N5OS/c1-14(2)8(5-17)11(22)20-12(9(14)6-18)23-7-10-19-3-4-21(10)13(15)16/h3-4,8,13H,7H2,1-2H3,(H,20,22)/t8-/m0/s1. The highest BCUT2D eigenvalue weighted by Gasteiger charge is 2.44. The molecule has 120 valence electrons. The third-order valence-corrected chi connectivity index (χ3v) is 4.64. The van der Waals surface area contributed by atoms with Gasteiger partial charge in [0.1, 0.15) is 11.7 Å². The predicted octanol–water partition coefficient (Wildman–Crippen LogP) is 2.54. The van der Waals surface area contributed by atoms with Gasteiger partial charge >= 0.3 is 6.55 Å². The summed E-state index contributed by atoms with van der Waals surface area (Å²) >= 11 is 1.04. The van der Waals surface area contributed by atoms with Gasteiger partial charge in [-0.15, -0.1) is 0 Å². The number of rotatable bonds is 4. The van der Waals surface area contributed by atoms with E-state index in [2.05, 4.69) is 10.3 Å². The van der Waals surface area contributed by atoms with Crippen molar-refractivity contribution < 1.29 is 13.6 Å². The molecule has 0 fully saturated rings. The van der Waals surface area contributed by atoms with E-state index in [-0.39, 0.29) is 22.2 Å². The van der Waals surface area contributed by atoms with Crippen LogP contribution in [0.5, 0.6) is 0 Å². The Hall–Kier alpha value is -2.39. The van der Waals surface area contributed by atoms with E-state index in [1.54, 1.807) is 13.8 Å². The lowest BCUT2D eigenvalue weighted by molar-refractivity contribution is -0.125. The van der Waals surface area contributed by atoms with Gasteiger partial charge in [-0.2, -0.15) is 19.3 Å². The van der Waals surface area contributed by atoms with Crippen LogP contribution in [0, 0.1) is 34.0 Å². The number of nitrogens with one attached hydrogen (secondary N) is 1. The van der Waals surface area contributed by atoms with Gasteiger partial charge in [-0.25, -0.2) is 4.98 Å². The Bertz CT molecular complexity index is 741. The minimum Gasteiger partial charge on any atom is -0.319 e. The quantitative estimate of drug-likeness (QED) is 0.911. The fourth-order valence-corrected chi connectivity index (χ4v) is 3.43. The summed E-state index contributed by atoms with van der Waals surface area (Å²) in [5.74, 6) is -1.30. The van der Waals surface area contributed by atoms with Crippen molar-refractivity contribution in [2.75, 3.05) is 0 Å². The summed E-state index contributed by atoms with van der Waals surface area (Å²) in [6.07, 6.45) is 2.42. The van der Waals surface area contributed by atoms with Crippen LogP contribution in [0.15, 0.2) is 23.0 Å². The molecule has 2 heterocycles. The molecule has 1 atom stereocenters. The van der Waals surface area contributed by atoms with E-state index < -0.39 is 23.8 Å². The van der Waals surface area contributed by atoms with E-state index in [1.807, 2.05) is 12.1 Å². The lowest BCUT2D eigenvalue weighted by atomic mass is 9.72. The maximum absolute atomic E-state index is 12.8. The Kier molecular flexibility index (Phi) is 4.71. The number of aromatic nitrogens is 2. The van der Waals surface area contributed by atoms with Crippen LogP contribution in [0.2, 0.25) is 0 Å². The number of alkyl halides is 2. The zero-order chi connectivity index (χ0) is 17.2. The molecule has 6 nitrogen and oxygen atoms in total. The van der Waals surface area contributed by atoms with Crippen molar-refractivity contribution in [2.45, 2.75) is 26.1 Å². The zero-order valence-electron chi connectivity index (χ0n) is 12.4. The van der Waals surface area contributed by atoms with Gasteiger partial charge < -0.3 is 5.32 Å². The van der Waals surface area contributed by atoms with Crippen LogP contribution in [0.1, 0.15) is 26.2 Å². The molecule has 1 N–H and O–H groups in total. The van der Waals surface area contributed by atoms with E-state index in [0.29, 0.717) is 4.57 Å². The molecule has 1 aliphatic rings. The summed E-state index contributed by atoms with van der Waals surface area (Å²) < 4.78 is 26.3. The second-order valence-electron chi connectivity index (χ2n) is 5.41. The summed E-state index contributed by atoms with van der Waals surface area (Å²) in [6, 6.07) is 3.91. The molecule has 0 aromatic carbocycles.